The Hall–Kier alpha value is -2.24. The minimum absolute atomic E-state index is 0.161. The van der Waals surface area contributed by atoms with Gasteiger partial charge in [0, 0.05) is 36.9 Å². The summed E-state index contributed by atoms with van der Waals surface area (Å²) in [5, 5.41) is 1.50. The summed E-state index contributed by atoms with van der Waals surface area (Å²) in [5.41, 5.74) is 3.48. The van der Waals surface area contributed by atoms with Gasteiger partial charge in [-0.05, 0) is 54.6 Å². The lowest BCUT2D eigenvalue weighted by Gasteiger charge is -2.36. The molecule has 6 heteroatoms. The molecule has 0 saturated carbocycles. The van der Waals surface area contributed by atoms with Crippen molar-refractivity contribution in [3.63, 3.8) is 0 Å². The first-order chi connectivity index (χ1) is 13.1. The maximum Gasteiger partial charge on any atom is 0.286 e. The zero-order valence-corrected chi connectivity index (χ0v) is 16.6. The van der Waals surface area contributed by atoms with E-state index in [-0.39, 0.29) is 5.91 Å². The molecule has 27 heavy (non-hydrogen) atoms. The van der Waals surface area contributed by atoms with Crippen molar-refractivity contribution in [3.05, 3.63) is 69.6 Å². The third-order valence-corrected chi connectivity index (χ3v) is 6.02. The summed E-state index contributed by atoms with van der Waals surface area (Å²) in [6.45, 7) is 5.67. The lowest BCUT2D eigenvalue weighted by atomic mass is 10.2. The highest BCUT2D eigenvalue weighted by Crippen LogP contribution is 2.31. The fourth-order valence-corrected chi connectivity index (χ4v) is 4.25. The van der Waals surface area contributed by atoms with E-state index in [1.807, 2.05) is 30.3 Å². The molecule has 0 aromatic heterocycles. The molecule has 1 saturated heterocycles. The molecular weight excluding hydrogens is 378 g/mol. The summed E-state index contributed by atoms with van der Waals surface area (Å²) in [5.74, 6) is -0.161. The van der Waals surface area contributed by atoms with E-state index in [9.17, 15) is 4.79 Å². The number of amides is 1. The molecule has 2 aromatic rings. The topological polar surface area (TPSA) is 35.9 Å². The zero-order valence-electron chi connectivity index (χ0n) is 15.1. The molecule has 0 radical (unpaired) electrons. The van der Waals surface area contributed by atoms with Crippen LogP contribution in [-0.4, -0.2) is 42.2 Å². The van der Waals surface area contributed by atoms with Gasteiger partial charge in [0.15, 0.2) is 5.17 Å². The maximum absolute atomic E-state index is 12.3. The Labute approximate surface area is 168 Å². The molecule has 4 nitrogen and oxygen atoms in total. The molecule has 0 unspecified atom stereocenters. The Morgan fingerprint density at radius 1 is 0.963 bits per heavy atom. The average Bonchev–Trinajstić information content (AvgIpc) is 3.05. The standard InChI is InChI=1S/C21H20ClN3OS/c1-15-2-8-18(9-3-15)24-10-12-25(13-11-24)21-23-20(26)19(27-21)14-16-4-6-17(22)7-5-16/h2-9,14H,10-13H2,1H3. The molecule has 2 aliphatic heterocycles. The second-order valence-corrected chi connectivity index (χ2v) is 8.12. The number of benzene rings is 2. The monoisotopic (exact) mass is 397 g/mol. The van der Waals surface area contributed by atoms with Crippen molar-refractivity contribution in [2.45, 2.75) is 6.92 Å². The minimum Gasteiger partial charge on any atom is -0.368 e. The number of halogens is 1. The maximum atomic E-state index is 12.3. The summed E-state index contributed by atoms with van der Waals surface area (Å²) in [6, 6.07) is 16.1. The molecule has 138 valence electrons. The molecule has 0 bridgehead atoms. The Morgan fingerprint density at radius 2 is 1.59 bits per heavy atom. The lowest BCUT2D eigenvalue weighted by molar-refractivity contribution is -0.113. The number of nitrogens with zero attached hydrogens (tertiary/aromatic N) is 3. The number of hydrogen-bond donors (Lipinski definition) is 0. The summed E-state index contributed by atoms with van der Waals surface area (Å²) < 4.78 is 0. The zero-order chi connectivity index (χ0) is 18.8. The summed E-state index contributed by atoms with van der Waals surface area (Å²) in [6.07, 6.45) is 1.88. The van der Waals surface area contributed by atoms with Crippen molar-refractivity contribution in [3.8, 4) is 0 Å². The van der Waals surface area contributed by atoms with Gasteiger partial charge in [-0.15, -0.1) is 0 Å². The first kappa shape index (κ1) is 18.1. The van der Waals surface area contributed by atoms with E-state index in [0.29, 0.717) is 9.93 Å². The largest absolute Gasteiger partial charge is 0.368 e. The number of thioether (sulfide) groups is 1. The van der Waals surface area contributed by atoms with Gasteiger partial charge >= 0.3 is 0 Å². The van der Waals surface area contributed by atoms with E-state index < -0.39 is 0 Å². The number of carbonyl (C=O) groups excluding carboxylic acids is 1. The fraction of sp³-hybridized carbons (Fsp3) is 0.238. The van der Waals surface area contributed by atoms with Crippen LogP contribution in [0, 0.1) is 6.92 Å². The Kier molecular flexibility index (Phi) is 5.23. The van der Waals surface area contributed by atoms with Crippen molar-refractivity contribution < 1.29 is 4.79 Å². The second-order valence-electron chi connectivity index (χ2n) is 6.67. The van der Waals surface area contributed by atoms with Crippen LogP contribution < -0.4 is 4.90 Å². The van der Waals surface area contributed by atoms with E-state index in [2.05, 4.69) is 46.0 Å². The molecule has 0 atom stereocenters. The fourth-order valence-electron chi connectivity index (χ4n) is 3.16. The lowest BCUT2D eigenvalue weighted by Crippen LogP contribution is -2.47. The van der Waals surface area contributed by atoms with E-state index in [4.69, 9.17) is 11.6 Å². The van der Waals surface area contributed by atoms with Crippen LogP contribution in [0.1, 0.15) is 11.1 Å². The van der Waals surface area contributed by atoms with Gasteiger partial charge in [-0.1, -0.05) is 41.4 Å². The Morgan fingerprint density at radius 3 is 2.26 bits per heavy atom. The summed E-state index contributed by atoms with van der Waals surface area (Å²) in [7, 11) is 0. The van der Waals surface area contributed by atoms with Gasteiger partial charge in [0.2, 0.25) is 0 Å². The van der Waals surface area contributed by atoms with Crippen molar-refractivity contribution in [1.82, 2.24) is 4.90 Å². The van der Waals surface area contributed by atoms with Crippen LogP contribution in [0.2, 0.25) is 5.02 Å². The molecule has 0 aliphatic carbocycles. The van der Waals surface area contributed by atoms with E-state index in [0.717, 1.165) is 36.9 Å². The molecule has 0 N–H and O–H groups in total. The van der Waals surface area contributed by atoms with Crippen LogP contribution in [0.15, 0.2) is 58.4 Å². The van der Waals surface area contributed by atoms with E-state index >= 15 is 0 Å². The van der Waals surface area contributed by atoms with Crippen molar-refractivity contribution in [1.29, 1.82) is 0 Å². The number of anilines is 1. The number of aliphatic imine (C=N–C) groups is 1. The van der Waals surface area contributed by atoms with E-state index in [1.54, 1.807) is 0 Å². The second kappa shape index (κ2) is 7.79. The molecular formula is C21H20ClN3OS. The number of hydrogen-bond acceptors (Lipinski definition) is 4. The van der Waals surface area contributed by atoms with Crippen LogP contribution in [-0.2, 0) is 4.79 Å². The molecule has 2 heterocycles. The molecule has 0 spiro atoms. The predicted octanol–water partition coefficient (Wildman–Crippen LogP) is 4.44. The first-order valence-corrected chi connectivity index (χ1v) is 10.1. The van der Waals surface area contributed by atoms with Crippen molar-refractivity contribution >= 4 is 46.2 Å². The highest BCUT2D eigenvalue weighted by atomic mass is 35.5. The van der Waals surface area contributed by atoms with Crippen molar-refractivity contribution in [2.24, 2.45) is 4.99 Å². The van der Waals surface area contributed by atoms with Crippen LogP contribution >= 0.6 is 23.4 Å². The normalized spacial score (nSPS) is 19.0. The minimum atomic E-state index is -0.161. The molecule has 1 fully saturated rings. The third-order valence-electron chi connectivity index (χ3n) is 4.73. The molecule has 2 aromatic carbocycles. The first-order valence-electron chi connectivity index (χ1n) is 8.93. The summed E-state index contributed by atoms with van der Waals surface area (Å²) in [4.78, 5) is 21.8. The number of rotatable bonds is 2. The van der Waals surface area contributed by atoms with Gasteiger partial charge in [0.25, 0.3) is 5.91 Å². The highest BCUT2D eigenvalue weighted by molar-refractivity contribution is 8.18. The number of carbonyl (C=O) groups is 1. The quantitative estimate of drug-likeness (QED) is 0.702. The number of piperazine rings is 1. The SMILES string of the molecule is Cc1ccc(N2CCN(C3=NC(=O)C(=Cc4ccc(Cl)cc4)S3)CC2)cc1. The van der Waals surface area contributed by atoms with Crippen LogP contribution in [0.3, 0.4) is 0 Å². The number of aryl methyl sites for hydroxylation is 1. The average molecular weight is 398 g/mol. The van der Waals surface area contributed by atoms with Gasteiger partial charge in [-0.25, -0.2) is 0 Å². The Bertz CT molecular complexity index is 898. The molecule has 4 rings (SSSR count). The van der Waals surface area contributed by atoms with Crippen LogP contribution in [0.4, 0.5) is 5.69 Å². The van der Waals surface area contributed by atoms with Crippen molar-refractivity contribution in [2.75, 3.05) is 31.1 Å². The van der Waals surface area contributed by atoms with E-state index in [1.165, 1.54) is 23.0 Å². The van der Waals surface area contributed by atoms with Gasteiger partial charge in [0.1, 0.15) is 0 Å². The van der Waals surface area contributed by atoms with Crippen LogP contribution in [0.25, 0.3) is 6.08 Å². The smallest absolute Gasteiger partial charge is 0.286 e. The van der Waals surface area contributed by atoms with Gasteiger partial charge in [0.05, 0.1) is 4.91 Å². The molecule has 1 amide bonds. The molecule has 2 aliphatic rings. The van der Waals surface area contributed by atoms with Gasteiger partial charge in [-0.3, -0.25) is 4.79 Å². The van der Waals surface area contributed by atoms with Gasteiger partial charge < -0.3 is 9.80 Å². The predicted molar refractivity (Wildman–Crippen MR) is 114 cm³/mol. The third kappa shape index (κ3) is 4.20. The Balaban J connectivity index is 1.39. The highest BCUT2D eigenvalue weighted by Gasteiger charge is 2.28. The van der Waals surface area contributed by atoms with Crippen LogP contribution in [0.5, 0.6) is 0 Å². The number of amidine groups is 1. The van der Waals surface area contributed by atoms with Gasteiger partial charge in [-0.2, -0.15) is 4.99 Å². The summed E-state index contributed by atoms with van der Waals surface area (Å²) >= 11 is 7.38.